The first-order valence-electron chi connectivity index (χ1n) is 7.92. The highest BCUT2D eigenvalue weighted by molar-refractivity contribution is 5.94. The molecule has 0 unspecified atom stereocenters. The van der Waals surface area contributed by atoms with Gasteiger partial charge in [0.1, 0.15) is 5.75 Å². The summed E-state index contributed by atoms with van der Waals surface area (Å²) in [7, 11) is 0. The van der Waals surface area contributed by atoms with Gasteiger partial charge in [-0.1, -0.05) is 17.7 Å². The van der Waals surface area contributed by atoms with Gasteiger partial charge in [-0.2, -0.15) is 5.10 Å². The molecule has 0 bridgehead atoms. The Balaban J connectivity index is 1.75. The van der Waals surface area contributed by atoms with Crippen molar-refractivity contribution in [3.05, 3.63) is 59.2 Å². The van der Waals surface area contributed by atoms with E-state index in [2.05, 4.69) is 15.8 Å². The second-order valence-corrected chi connectivity index (χ2v) is 5.75. The van der Waals surface area contributed by atoms with E-state index in [-0.39, 0.29) is 30.4 Å². The zero-order valence-electron chi connectivity index (χ0n) is 14.2. The highest BCUT2D eigenvalue weighted by Gasteiger charge is 2.08. The number of rotatable bonds is 6. The number of nitrogens with zero attached hydrogens (tertiary/aromatic N) is 1. The van der Waals surface area contributed by atoms with Gasteiger partial charge in [-0.3, -0.25) is 9.59 Å². The largest absolute Gasteiger partial charge is 0.508 e. The van der Waals surface area contributed by atoms with Crippen LogP contribution in [-0.4, -0.2) is 23.1 Å². The minimum atomic E-state index is -0.342. The molecule has 0 atom stereocenters. The Labute approximate surface area is 146 Å². The maximum absolute atomic E-state index is 11.9. The standard InChI is InChI=1S/C19H21N3O3/c1-13-3-8-17(14(2)11-13)21-18(24)9-10-19(25)22-20-12-15-4-6-16(23)7-5-15/h3-8,11-12,23H,9-10H2,1-2H3,(H,21,24)(H,22,25)/b20-12-. The number of amides is 2. The van der Waals surface area contributed by atoms with Gasteiger partial charge in [-0.05, 0) is 55.3 Å². The van der Waals surface area contributed by atoms with Gasteiger partial charge in [0.05, 0.1) is 6.21 Å². The molecule has 2 aromatic rings. The Bertz CT molecular complexity index is 783. The number of hydrazone groups is 1. The van der Waals surface area contributed by atoms with Crippen molar-refractivity contribution >= 4 is 23.7 Å². The summed E-state index contributed by atoms with van der Waals surface area (Å²) in [5, 5.41) is 15.8. The van der Waals surface area contributed by atoms with Crippen molar-refractivity contribution in [2.24, 2.45) is 5.10 Å². The van der Waals surface area contributed by atoms with Gasteiger partial charge in [0, 0.05) is 18.5 Å². The Hall–Kier alpha value is -3.15. The van der Waals surface area contributed by atoms with Crippen LogP contribution in [0.3, 0.4) is 0 Å². The van der Waals surface area contributed by atoms with Crippen LogP contribution in [0.4, 0.5) is 5.69 Å². The first-order chi connectivity index (χ1) is 11.9. The second-order valence-electron chi connectivity index (χ2n) is 5.75. The number of nitrogens with one attached hydrogen (secondary N) is 2. The van der Waals surface area contributed by atoms with Crippen molar-refractivity contribution in [3.63, 3.8) is 0 Å². The minimum Gasteiger partial charge on any atom is -0.508 e. The molecule has 6 nitrogen and oxygen atoms in total. The predicted molar refractivity (Wildman–Crippen MR) is 97.6 cm³/mol. The van der Waals surface area contributed by atoms with Gasteiger partial charge in [-0.15, -0.1) is 0 Å². The van der Waals surface area contributed by atoms with E-state index in [1.165, 1.54) is 18.3 Å². The maximum atomic E-state index is 11.9. The van der Waals surface area contributed by atoms with Gasteiger partial charge in [0.15, 0.2) is 0 Å². The number of carbonyl (C=O) groups is 2. The number of aromatic hydroxyl groups is 1. The van der Waals surface area contributed by atoms with Crippen molar-refractivity contribution in [3.8, 4) is 5.75 Å². The van der Waals surface area contributed by atoms with Crippen molar-refractivity contribution < 1.29 is 14.7 Å². The number of hydrogen-bond donors (Lipinski definition) is 3. The number of phenolic OH excluding ortho intramolecular Hbond substituents is 1. The molecule has 0 aliphatic heterocycles. The maximum Gasteiger partial charge on any atom is 0.240 e. The smallest absolute Gasteiger partial charge is 0.240 e. The average molecular weight is 339 g/mol. The van der Waals surface area contributed by atoms with E-state index in [9.17, 15) is 14.7 Å². The summed E-state index contributed by atoms with van der Waals surface area (Å²) in [4.78, 5) is 23.6. The van der Waals surface area contributed by atoms with Gasteiger partial charge >= 0.3 is 0 Å². The molecule has 0 radical (unpaired) electrons. The lowest BCUT2D eigenvalue weighted by Crippen LogP contribution is -2.20. The number of benzene rings is 2. The summed E-state index contributed by atoms with van der Waals surface area (Å²) >= 11 is 0. The molecule has 0 aliphatic carbocycles. The monoisotopic (exact) mass is 339 g/mol. The van der Waals surface area contributed by atoms with Gasteiger partial charge < -0.3 is 10.4 Å². The number of anilines is 1. The zero-order chi connectivity index (χ0) is 18.2. The third-order valence-corrected chi connectivity index (χ3v) is 3.53. The van der Waals surface area contributed by atoms with Crippen molar-refractivity contribution in [2.45, 2.75) is 26.7 Å². The number of phenols is 1. The summed E-state index contributed by atoms with van der Waals surface area (Å²) < 4.78 is 0. The van der Waals surface area contributed by atoms with Crippen molar-refractivity contribution in [1.82, 2.24) is 5.43 Å². The summed E-state index contributed by atoms with van der Waals surface area (Å²) in [6, 6.07) is 12.2. The minimum absolute atomic E-state index is 0.0453. The highest BCUT2D eigenvalue weighted by atomic mass is 16.3. The van der Waals surface area contributed by atoms with Crippen LogP contribution in [0.5, 0.6) is 5.75 Å². The van der Waals surface area contributed by atoms with Crippen molar-refractivity contribution in [2.75, 3.05) is 5.32 Å². The third kappa shape index (κ3) is 6.10. The lowest BCUT2D eigenvalue weighted by Gasteiger charge is -2.08. The summed E-state index contributed by atoms with van der Waals surface area (Å²) in [6.07, 6.45) is 1.59. The Kier molecular flexibility index (Phi) is 6.28. The first kappa shape index (κ1) is 18.2. The Morgan fingerprint density at radius 2 is 1.72 bits per heavy atom. The average Bonchev–Trinajstić information content (AvgIpc) is 2.57. The quantitative estimate of drug-likeness (QED) is 0.558. The molecule has 2 amide bonds. The molecule has 3 N–H and O–H groups in total. The molecule has 0 saturated carbocycles. The third-order valence-electron chi connectivity index (χ3n) is 3.53. The lowest BCUT2D eigenvalue weighted by atomic mass is 10.1. The molecule has 0 fully saturated rings. The van der Waals surface area contributed by atoms with Crippen LogP contribution >= 0.6 is 0 Å². The molecule has 25 heavy (non-hydrogen) atoms. The lowest BCUT2D eigenvalue weighted by molar-refractivity contribution is -0.124. The van der Waals surface area contributed by atoms with Crippen LogP contribution in [0.1, 0.15) is 29.5 Å². The Morgan fingerprint density at radius 3 is 2.40 bits per heavy atom. The molecule has 0 aliphatic rings. The van der Waals surface area contributed by atoms with E-state index in [4.69, 9.17) is 0 Å². The fraction of sp³-hybridized carbons (Fsp3) is 0.211. The van der Waals surface area contributed by atoms with E-state index in [1.54, 1.807) is 12.1 Å². The highest BCUT2D eigenvalue weighted by Crippen LogP contribution is 2.16. The summed E-state index contributed by atoms with van der Waals surface area (Å²) in [5.74, 6) is -0.397. The molecular formula is C19H21N3O3. The van der Waals surface area contributed by atoms with Crippen LogP contribution in [0.25, 0.3) is 0 Å². The molecule has 0 saturated heterocycles. The predicted octanol–water partition coefficient (Wildman–Crippen LogP) is 2.88. The van der Waals surface area contributed by atoms with E-state index in [1.807, 2.05) is 32.0 Å². The molecule has 0 spiro atoms. The Morgan fingerprint density at radius 1 is 1.04 bits per heavy atom. The topological polar surface area (TPSA) is 90.8 Å². The van der Waals surface area contributed by atoms with E-state index < -0.39 is 0 Å². The number of aryl methyl sites for hydroxylation is 2. The number of carbonyl (C=O) groups excluding carboxylic acids is 2. The van der Waals surface area contributed by atoms with E-state index >= 15 is 0 Å². The van der Waals surface area contributed by atoms with Gasteiger partial charge in [0.25, 0.3) is 0 Å². The van der Waals surface area contributed by atoms with Gasteiger partial charge in [-0.25, -0.2) is 5.43 Å². The van der Waals surface area contributed by atoms with Crippen LogP contribution in [0.15, 0.2) is 47.6 Å². The fourth-order valence-corrected chi connectivity index (χ4v) is 2.19. The molecule has 0 aromatic heterocycles. The normalized spacial score (nSPS) is 10.6. The molecule has 0 heterocycles. The van der Waals surface area contributed by atoms with Crippen LogP contribution in [-0.2, 0) is 9.59 Å². The first-order valence-corrected chi connectivity index (χ1v) is 7.92. The molecule has 6 heteroatoms. The fourth-order valence-electron chi connectivity index (χ4n) is 2.19. The van der Waals surface area contributed by atoms with Crippen LogP contribution < -0.4 is 10.7 Å². The van der Waals surface area contributed by atoms with Gasteiger partial charge in [0.2, 0.25) is 11.8 Å². The van der Waals surface area contributed by atoms with Crippen LogP contribution in [0, 0.1) is 13.8 Å². The SMILES string of the molecule is Cc1ccc(NC(=O)CCC(=O)N/N=C\c2ccc(O)cc2)c(C)c1. The second kappa shape index (κ2) is 8.63. The molecule has 2 rings (SSSR count). The number of hydrogen-bond acceptors (Lipinski definition) is 4. The van der Waals surface area contributed by atoms with Crippen molar-refractivity contribution in [1.29, 1.82) is 0 Å². The van der Waals surface area contributed by atoms with E-state index in [0.717, 1.165) is 22.4 Å². The summed E-state index contributed by atoms with van der Waals surface area (Å²) in [5.41, 5.74) is 5.97. The van der Waals surface area contributed by atoms with E-state index in [0.29, 0.717) is 0 Å². The molecular weight excluding hydrogens is 318 g/mol. The zero-order valence-corrected chi connectivity index (χ0v) is 14.2. The molecule has 130 valence electrons. The molecule has 2 aromatic carbocycles. The van der Waals surface area contributed by atoms with Crippen LogP contribution in [0.2, 0.25) is 0 Å². The summed E-state index contributed by atoms with van der Waals surface area (Å²) in [6.45, 7) is 3.91.